The first-order chi connectivity index (χ1) is 15.1. The zero-order valence-corrected chi connectivity index (χ0v) is 18.3. The van der Waals surface area contributed by atoms with Crippen LogP contribution < -0.4 is 20.7 Å². The van der Waals surface area contributed by atoms with Gasteiger partial charge in [0.05, 0.1) is 17.7 Å². The van der Waals surface area contributed by atoms with Gasteiger partial charge in [-0.15, -0.1) is 0 Å². The molecule has 0 aliphatic carbocycles. The van der Waals surface area contributed by atoms with Crippen LogP contribution in [0.5, 0.6) is 5.75 Å². The Bertz CT molecular complexity index is 966. The molecule has 0 unspecified atom stereocenters. The average Bonchev–Trinajstić information content (AvgIpc) is 2.71. The standard InChI is InChI=1S/C21H23F3N4O3S/c1-3-4-5-10-31-17-8-7-15(11-16(17)21(22,23)24)27-20(32)28-19(30)14-6-9-18(25-12-14)26-13(2)29/h6-9,11-12H,3-5,10H2,1-2H3,(H,25,26,29)(H2,27,28,30,32). The maximum Gasteiger partial charge on any atom is 0.420 e. The summed E-state index contributed by atoms with van der Waals surface area (Å²) in [5.41, 5.74) is -0.747. The number of thiocarbonyl (C=S) groups is 1. The molecule has 0 aliphatic rings. The number of ether oxygens (including phenoxy) is 1. The van der Waals surface area contributed by atoms with E-state index in [1.165, 1.54) is 37.4 Å². The molecule has 0 saturated heterocycles. The normalized spacial score (nSPS) is 10.9. The predicted molar refractivity (Wildman–Crippen MR) is 119 cm³/mol. The number of halogens is 3. The second-order valence-corrected chi connectivity index (χ2v) is 7.19. The predicted octanol–water partition coefficient (Wildman–Crippen LogP) is 4.75. The molecule has 0 aliphatic heterocycles. The van der Waals surface area contributed by atoms with E-state index in [9.17, 15) is 22.8 Å². The molecule has 2 amide bonds. The Labute approximate surface area is 188 Å². The molecule has 1 aromatic heterocycles. The van der Waals surface area contributed by atoms with Gasteiger partial charge in [0, 0.05) is 18.8 Å². The zero-order chi connectivity index (χ0) is 23.7. The molecule has 1 aromatic carbocycles. The molecular weight excluding hydrogens is 445 g/mol. The second-order valence-electron chi connectivity index (χ2n) is 6.79. The lowest BCUT2D eigenvalue weighted by Gasteiger charge is -2.16. The molecule has 32 heavy (non-hydrogen) atoms. The lowest BCUT2D eigenvalue weighted by Crippen LogP contribution is -2.34. The van der Waals surface area contributed by atoms with E-state index in [1.807, 2.05) is 6.92 Å². The Kier molecular flexibility index (Phi) is 8.94. The van der Waals surface area contributed by atoms with E-state index in [0.29, 0.717) is 6.42 Å². The monoisotopic (exact) mass is 468 g/mol. The maximum absolute atomic E-state index is 13.4. The van der Waals surface area contributed by atoms with Crippen molar-refractivity contribution in [3.63, 3.8) is 0 Å². The molecule has 2 rings (SSSR count). The van der Waals surface area contributed by atoms with Crippen LogP contribution in [0.4, 0.5) is 24.7 Å². The molecule has 0 bridgehead atoms. The summed E-state index contributed by atoms with van der Waals surface area (Å²) >= 11 is 5.03. The Morgan fingerprint density at radius 1 is 1.12 bits per heavy atom. The maximum atomic E-state index is 13.4. The zero-order valence-electron chi connectivity index (χ0n) is 17.5. The summed E-state index contributed by atoms with van der Waals surface area (Å²) in [6.07, 6.45) is -0.943. The first-order valence-corrected chi connectivity index (χ1v) is 10.2. The number of unbranched alkanes of at least 4 members (excludes halogenated alkanes) is 2. The van der Waals surface area contributed by atoms with Gasteiger partial charge in [0.1, 0.15) is 11.6 Å². The highest BCUT2D eigenvalue weighted by molar-refractivity contribution is 7.80. The van der Waals surface area contributed by atoms with Gasteiger partial charge in [0.2, 0.25) is 5.91 Å². The van der Waals surface area contributed by atoms with Gasteiger partial charge in [-0.3, -0.25) is 14.9 Å². The fraction of sp³-hybridized carbons (Fsp3) is 0.333. The van der Waals surface area contributed by atoms with Crippen LogP contribution in [0.1, 0.15) is 49.0 Å². The van der Waals surface area contributed by atoms with Crippen LogP contribution in [-0.2, 0) is 11.0 Å². The highest BCUT2D eigenvalue weighted by Gasteiger charge is 2.34. The minimum absolute atomic E-state index is 0.0441. The van der Waals surface area contributed by atoms with Crippen molar-refractivity contribution in [2.75, 3.05) is 17.2 Å². The van der Waals surface area contributed by atoms with Gasteiger partial charge in [-0.05, 0) is 49.0 Å². The Morgan fingerprint density at radius 2 is 1.88 bits per heavy atom. The first kappa shape index (κ1) is 25.1. The number of benzene rings is 1. The lowest BCUT2D eigenvalue weighted by atomic mass is 10.1. The summed E-state index contributed by atoms with van der Waals surface area (Å²) < 4.78 is 45.6. The van der Waals surface area contributed by atoms with Crippen LogP contribution >= 0.6 is 12.2 Å². The minimum Gasteiger partial charge on any atom is -0.493 e. The Balaban J connectivity index is 2.03. The van der Waals surface area contributed by atoms with Crippen molar-refractivity contribution in [3.8, 4) is 5.75 Å². The first-order valence-electron chi connectivity index (χ1n) is 9.80. The summed E-state index contributed by atoms with van der Waals surface area (Å²) in [6, 6.07) is 6.32. The van der Waals surface area contributed by atoms with Crippen molar-refractivity contribution in [1.29, 1.82) is 0 Å². The van der Waals surface area contributed by atoms with Crippen LogP contribution in [0.25, 0.3) is 0 Å². The van der Waals surface area contributed by atoms with Crippen molar-refractivity contribution in [2.24, 2.45) is 0 Å². The fourth-order valence-corrected chi connectivity index (χ4v) is 2.82. The summed E-state index contributed by atoms with van der Waals surface area (Å²) in [5, 5.41) is 7.20. The second kappa shape index (κ2) is 11.4. The van der Waals surface area contributed by atoms with E-state index >= 15 is 0 Å². The third-order valence-electron chi connectivity index (χ3n) is 4.11. The van der Waals surface area contributed by atoms with Crippen LogP contribution in [0, 0.1) is 0 Å². The highest BCUT2D eigenvalue weighted by Crippen LogP contribution is 2.38. The SMILES string of the molecule is CCCCCOc1ccc(NC(=S)NC(=O)c2ccc(NC(C)=O)nc2)cc1C(F)(F)F. The molecule has 2 aromatic rings. The van der Waals surface area contributed by atoms with Gasteiger partial charge in [0.15, 0.2) is 5.11 Å². The minimum atomic E-state index is -4.62. The lowest BCUT2D eigenvalue weighted by molar-refractivity contribution is -0.138. The highest BCUT2D eigenvalue weighted by atomic mass is 32.1. The molecule has 7 nitrogen and oxygen atoms in total. The van der Waals surface area contributed by atoms with E-state index in [1.54, 1.807) is 0 Å². The van der Waals surface area contributed by atoms with Crippen molar-refractivity contribution < 1.29 is 27.5 Å². The van der Waals surface area contributed by atoms with Gasteiger partial charge in [-0.2, -0.15) is 13.2 Å². The number of carbonyl (C=O) groups excluding carboxylic acids is 2. The average molecular weight is 469 g/mol. The van der Waals surface area contributed by atoms with E-state index in [0.717, 1.165) is 18.9 Å². The Morgan fingerprint density at radius 3 is 2.47 bits per heavy atom. The number of hydrogen-bond donors (Lipinski definition) is 3. The van der Waals surface area contributed by atoms with E-state index in [4.69, 9.17) is 17.0 Å². The summed E-state index contributed by atoms with van der Waals surface area (Å²) in [5.74, 6) is -0.919. The van der Waals surface area contributed by atoms with Gasteiger partial charge >= 0.3 is 6.18 Å². The number of amides is 2. The largest absolute Gasteiger partial charge is 0.493 e. The number of pyridine rings is 1. The molecule has 1 heterocycles. The number of hydrogen-bond acceptors (Lipinski definition) is 5. The number of carbonyl (C=O) groups is 2. The number of alkyl halides is 3. The van der Waals surface area contributed by atoms with E-state index < -0.39 is 17.6 Å². The molecule has 3 N–H and O–H groups in total. The number of rotatable bonds is 8. The van der Waals surface area contributed by atoms with Crippen molar-refractivity contribution in [3.05, 3.63) is 47.7 Å². The third kappa shape index (κ3) is 7.80. The molecule has 0 saturated carbocycles. The number of nitrogens with zero attached hydrogens (tertiary/aromatic N) is 1. The number of anilines is 2. The summed E-state index contributed by atoms with van der Waals surface area (Å²) in [4.78, 5) is 27.2. The third-order valence-corrected chi connectivity index (χ3v) is 4.31. The van der Waals surface area contributed by atoms with Gasteiger partial charge in [-0.25, -0.2) is 4.98 Å². The molecular formula is C21H23F3N4O3S. The molecule has 11 heteroatoms. The molecule has 0 fully saturated rings. The van der Waals surface area contributed by atoms with Gasteiger partial charge in [0.25, 0.3) is 5.91 Å². The van der Waals surface area contributed by atoms with Crippen molar-refractivity contribution in [2.45, 2.75) is 39.3 Å². The molecule has 172 valence electrons. The topological polar surface area (TPSA) is 92.4 Å². The van der Waals surface area contributed by atoms with Crippen LogP contribution in [0.2, 0.25) is 0 Å². The van der Waals surface area contributed by atoms with Crippen LogP contribution in [0.3, 0.4) is 0 Å². The van der Waals surface area contributed by atoms with Crippen molar-refractivity contribution >= 4 is 40.6 Å². The van der Waals surface area contributed by atoms with Crippen molar-refractivity contribution in [1.82, 2.24) is 10.3 Å². The molecule has 0 atom stereocenters. The van der Waals surface area contributed by atoms with Gasteiger partial charge in [-0.1, -0.05) is 19.8 Å². The Hall–Kier alpha value is -3.21. The van der Waals surface area contributed by atoms with Crippen LogP contribution in [-0.4, -0.2) is 28.5 Å². The summed E-state index contributed by atoms with van der Waals surface area (Å²) in [6.45, 7) is 3.50. The van der Waals surface area contributed by atoms with E-state index in [-0.39, 0.29) is 40.4 Å². The molecule has 0 radical (unpaired) electrons. The smallest absolute Gasteiger partial charge is 0.420 e. The molecule has 0 spiro atoms. The van der Waals surface area contributed by atoms with E-state index in [2.05, 4.69) is 20.9 Å². The quantitative estimate of drug-likeness (QED) is 0.382. The number of nitrogens with one attached hydrogen (secondary N) is 3. The number of aromatic nitrogens is 1. The van der Waals surface area contributed by atoms with Crippen LogP contribution in [0.15, 0.2) is 36.5 Å². The van der Waals surface area contributed by atoms with Gasteiger partial charge < -0.3 is 15.4 Å². The fourth-order valence-electron chi connectivity index (χ4n) is 2.61. The summed E-state index contributed by atoms with van der Waals surface area (Å²) in [7, 11) is 0.